The van der Waals surface area contributed by atoms with E-state index in [0.717, 1.165) is 50.9 Å². The molecule has 0 radical (unpaired) electrons. The summed E-state index contributed by atoms with van der Waals surface area (Å²) in [4.78, 5) is 32.6. The van der Waals surface area contributed by atoms with E-state index in [0.29, 0.717) is 31.0 Å². The molecule has 214 valence electrons. The van der Waals surface area contributed by atoms with Crippen LogP contribution in [0.4, 0.5) is 0 Å². The molecule has 2 aromatic rings. The number of hydrogen-bond donors (Lipinski definition) is 1. The van der Waals surface area contributed by atoms with E-state index in [9.17, 15) is 14.7 Å². The van der Waals surface area contributed by atoms with Gasteiger partial charge in [-0.2, -0.15) is 5.10 Å². The largest absolute Gasteiger partial charge is 0.481 e. The van der Waals surface area contributed by atoms with Crippen molar-refractivity contribution in [2.75, 3.05) is 53.6 Å². The number of ether oxygens (including phenoxy) is 2. The van der Waals surface area contributed by atoms with Crippen LogP contribution in [0.25, 0.3) is 0 Å². The van der Waals surface area contributed by atoms with Gasteiger partial charge < -0.3 is 24.4 Å². The molecule has 2 aliphatic rings. The molecule has 1 aromatic heterocycles. The third-order valence-corrected chi connectivity index (χ3v) is 7.83. The number of rotatable bonds is 15. The van der Waals surface area contributed by atoms with Crippen molar-refractivity contribution in [1.82, 2.24) is 24.5 Å². The first kappa shape index (κ1) is 28.9. The summed E-state index contributed by atoms with van der Waals surface area (Å²) in [6.07, 6.45) is 8.16. The van der Waals surface area contributed by atoms with Crippen LogP contribution >= 0.6 is 0 Å². The fourth-order valence-corrected chi connectivity index (χ4v) is 5.75. The average Bonchev–Trinajstić information content (AvgIpc) is 3.66. The number of aromatic nitrogens is 2. The number of benzene rings is 1. The lowest BCUT2D eigenvalue weighted by molar-refractivity contribution is -0.144. The molecule has 2 aliphatic heterocycles. The lowest BCUT2D eigenvalue weighted by Crippen LogP contribution is -2.45. The van der Waals surface area contributed by atoms with E-state index in [2.05, 4.69) is 35.9 Å². The standard InChI is InChI=1S/C29H43N5O5/c1-4-5-14-32(15-7-6-13-31(2)3)27(35)20-33-19-23(22-9-10-25-26(18-22)39-21-38-25)28(29(36)37)24(33)11-17-34-16-8-12-30-34/h8-10,12,16,18,23-24,28H,4-7,11,13-15,17,19-21H2,1-3H3,(H,36,37). The van der Waals surface area contributed by atoms with Gasteiger partial charge in [0.1, 0.15) is 0 Å². The molecule has 1 N–H and O–H groups in total. The van der Waals surface area contributed by atoms with Crippen molar-refractivity contribution in [3.63, 3.8) is 0 Å². The summed E-state index contributed by atoms with van der Waals surface area (Å²) in [7, 11) is 4.12. The van der Waals surface area contributed by atoms with Gasteiger partial charge in [0.05, 0.1) is 12.5 Å². The number of amides is 1. The second kappa shape index (κ2) is 13.8. The SMILES string of the molecule is CCCCN(CCCCN(C)C)C(=O)CN1CC(c2ccc3c(c2)OCO3)C(C(=O)O)C1CCn1cccn1. The second-order valence-electron chi connectivity index (χ2n) is 10.9. The van der Waals surface area contributed by atoms with Gasteiger partial charge in [-0.1, -0.05) is 19.4 Å². The molecule has 1 fully saturated rings. The van der Waals surface area contributed by atoms with Crippen LogP contribution in [0.2, 0.25) is 0 Å². The molecule has 0 bridgehead atoms. The molecular weight excluding hydrogens is 498 g/mol. The molecule has 3 heterocycles. The minimum absolute atomic E-state index is 0.0767. The molecule has 0 saturated carbocycles. The highest BCUT2D eigenvalue weighted by Gasteiger charge is 2.47. The number of unbranched alkanes of at least 4 members (excludes halogenated alkanes) is 2. The van der Waals surface area contributed by atoms with Gasteiger partial charge in [-0.15, -0.1) is 0 Å². The molecule has 10 nitrogen and oxygen atoms in total. The Bertz CT molecular complexity index is 1080. The van der Waals surface area contributed by atoms with Gasteiger partial charge in [-0.05, 0) is 70.1 Å². The fraction of sp³-hybridized carbons (Fsp3) is 0.621. The van der Waals surface area contributed by atoms with E-state index in [1.807, 2.05) is 40.0 Å². The van der Waals surface area contributed by atoms with Crippen LogP contribution in [0.1, 0.15) is 50.5 Å². The lowest BCUT2D eigenvalue weighted by atomic mass is 9.84. The van der Waals surface area contributed by atoms with Gasteiger partial charge in [-0.3, -0.25) is 19.2 Å². The van der Waals surface area contributed by atoms with Crippen molar-refractivity contribution in [2.45, 2.75) is 57.5 Å². The van der Waals surface area contributed by atoms with Crippen molar-refractivity contribution in [3.8, 4) is 11.5 Å². The molecular formula is C29H43N5O5. The number of carbonyl (C=O) groups excluding carboxylic acids is 1. The predicted molar refractivity (Wildman–Crippen MR) is 148 cm³/mol. The number of fused-ring (bicyclic) bond motifs is 1. The molecule has 3 atom stereocenters. The van der Waals surface area contributed by atoms with E-state index in [-0.39, 0.29) is 31.2 Å². The lowest BCUT2D eigenvalue weighted by Gasteiger charge is -2.30. The maximum atomic E-state index is 13.7. The van der Waals surface area contributed by atoms with E-state index in [1.54, 1.807) is 6.20 Å². The van der Waals surface area contributed by atoms with Crippen LogP contribution in [0.15, 0.2) is 36.7 Å². The molecule has 10 heteroatoms. The zero-order valence-electron chi connectivity index (χ0n) is 23.5. The zero-order valence-corrected chi connectivity index (χ0v) is 23.5. The Morgan fingerprint density at radius 2 is 1.87 bits per heavy atom. The number of aryl methyl sites for hydroxylation is 1. The summed E-state index contributed by atoms with van der Waals surface area (Å²) in [5.41, 5.74) is 0.900. The van der Waals surface area contributed by atoms with Gasteiger partial charge in [0.15, 0.2) is 11.5 Å². The minimum atomic E-state index is -0.843. The number of likely N-dealkylation sites (tertiary alicyclic amines) is 1. The average molecular weight is 542 g/mol. The number of carboxylic acids is 1. The Labute approximate surface area is 231 Å². The number of hydrogen-bond acceptors (Lipinski definition) is 7. The maximum absolute atomic E-state index is 13.7. The third kappa shape index (κ3) is 7.51. The molecule has 3 unspecified atom stereocenters. The Hall–Kier alpha value is -3.11. The maximum Gasteiger partial charge on any atom is 0.308 e. The number of carbonyl (C=O) groups is 2. The topological polar surface area (TPSA) is 100 Å². The first-order valence-corrected chi connectivity index (χ1v) is 14.1. The predicted octanol–water partition coefficient (Wildman–Crippen LogP) is 3.14. The first-order chi connectivity index (χ1) is 18.9. The number of aliphatic carboxylic acids is 1. The highest BCUT2D eigenvalue weighted by Crippen LogP contribution is 2.42. The summed E-state index contributed by atoms with van der Waals surface area (Å²) in [6.45, 7) is 6.05. The third-order valence-electron chi connectivity index (χ3n) is 7.83. The van der Waals surface area contributed by atoms with Crippen molar-refractivity contribution in [2.24, 2.45) is 5.92 Å². The van der Waals surface area contributed by atoms with E-state index < -0.39 is 11.9 Å². The van der Waals surface area contributed by atoms with Crippen LogP contribution in [-0.2, 0) is 16.1 Å². The Morgan fingerprint density at radius 3 is 2.59 bits per heavy atom. The van der Waals surface area contributed by atoms with Crippen molar-refractivity contribution >= 4 is 11.9 Å². The van der Waals surface area contributed by atoms with Crippen LogP contribution in [0.5, 0.6) is 11.5 Å². The monoisotopic (exact) mass is 541 g/mol. The van der Waals surface area contributed by atoms with E-state index in [1.165, 1.54) is 0 Å². The molecule has 0 aliphatic carbocycles. The minimum Gasteiger partial charge on any atom is -0.481 e. The molecule has 0 spiro atoms. The van der Waals surface area contributed by atoms with Crippen molar-refractivity contribution in [3.05, 3.63) is 42.2 Å². The molecule has 1 aromatic carbocycles. The highest BCUT2D eigenvalue weighted by molar-refractivity contribution is 5.79. The fourth-order valence-electron chi connectivity index (χ4n) is 5.75. The van der Waals surface area contributed by atoms with Gasteiger partial charge in [-0.25, -0.2) is 0 Å². The van der Waals surface area contributed by atoms with E-state index in [4.69, 9.17) is 9.47 Å². The molecule has 39 heavy (non-hydrogen) atoms. The van der Waals surface area contributed by atoms with E-state index >= 15 is 0 Å². The highest BCUT2D eigenvalue weighted by atomic mass is 16.7. The number of nitrogens with zero attached hydrogens (tertiary/aromatic N) is 5. The Balaban J connectivity index is 1.53. The van der Waals surface area contributed by atoms with Gasteiger partial charge in [0.2, 0.25) is 12.7 Å². The normalized spacial score (nSPS) is 20.6. The van der Waals surface area contributed by atoms with Crippen LogP contribution in [0, 0.1) is 5.92 Å². The molecule has 1 amide bonds. The summed E-state index contributed by atoms with van der Waals surface area (Å²) >= 11 is 0. The van der Waals surface area contributed by atoms with Gasteiger partial charge in [0, 0.05) is 50.5 Å². The summed E-state index contributed by atoms with van der Waals surface area (Å²) in [5.74, 6) is -0.374. The van der Waals surface area contributed by atoms with Crippen molar-refractivity contribution in [1.29, 1.82) is 0 Å². The second-order valence-corrected chi connectivity index (χ2v) is 10.9. The van der Waals surface area contributed by atoms with Crippen LogP contribution < -0.4 is 9.47 Å². The first-order valence-electron chi connectivity index (χ1n) is 14.1. The molecule has 1 saturated heterocycles. The zero-order chi connectivity index (χ0) is 27.8. The number of carboxylic acid groups (broad SMARTS) is 1. The smallest absolute Gasteiger partial charge is 0.308 e. The Kier molecular flexibility index (Phi) is 10.2. The summed E-state index contributed by atoms with van der Waals surface area (Å²) in [5, 5.41) is 14.7. The van der Waals surface area contributed by atoms with Crippen LogP contribution in [0.3, 0.4) is 0 Å². The summed E-state index contributed by atoms with van der Waals surface area (Å²) in [6, 6.07) is 7.25. The Morgan fingerprint density at radius 1 is 1.10 bits per heavy atom. The molecule has 4 rings (SSSR count). The quantitative estimate of drug-likeness (QED) is 0.343. The van der Waals surface area contributed by atoms with Gasteiger partial charge in [0.25, 0.3) is 0 Å². The van der Waals surface area contributed by atoms with Crippen LogP contribution in [-0.4, -0.2) is 101 Å². The van der Waals surface area contributed by atoms with Crippen molar-refractivity contribution < 1.29 is 24.2 Å². The van der Waals surface area contributed by atoms with Gasteiger partial charge >= 0.3 is 5.97 Å². The summed E-state index contributed by atoms with van der Waals surface area (Å²) < 4.78 is 12.9.